The van der Waals surface area contributed by atoms with Crippen LogP contribution in [0.25, 0.3) is 0 Å². The molecule has 0 aliphatic rings. The molecule has 1 aromatic carbocycles. The molecule has 3 N–H and O–H groups in total. The monoisotopic (exact) mass is 230 g/mol. The molecule has 0 aliphatic heterocycles. The van der Waals surface area contributed by atoms with Crippen LogP contribution in [0.2, 0.25) is 10.0 Å². The minimum atomic E-state index is -0.139. The normalized spacial score (nSPS) is 12.6. The molecule has 0 fully saturated rings. The number of hydrogen-bond donors (Lipinski definition) is 2. The molecule has 1 rings (SSSR count). The van der Waals surface area contributed by atoms with E-state index in [9.17, 15) is 0 Å². The molecule has 0 spiro atoms. The lowest BCUT2D eigenvalue weighted by molar-refractivity contribution is 0.627. The van der Waals surface area contributed by atoms with Crippen LogP contribution >= 0.6 is 23.2 Å². The summed E-state index contributed by atoms with van der Waals surface area (Å²) in [5.41, 5.74) is 4.43. The van der Waals surface area contributed by atoms with Gasteiger partial charge < -0.3 is 0 Å². The second-order valence-corrected chi connectivity index (χ2v) is 3.96. The molecular formula is C10H12Cl2N2. The van der Waals surface area contributed by atoms with Gasteiger partial charge in [0.15, 0.2) is 0 Å². The van der Waals surface area contributed by atoms with E-state index in [1.807, 2.05) is 13.0 Å². The van der Waals surface area contributed by atoms with Crippen molar-refractivity contribution >= 4 is 23.2 Å². The summed E-state index contributed by atoms with van der Waals surface area (Å²) in [5, 5.41) is 1.19. The van der Waals surface area contributed by atoms with Crippen molar-refractivity contribution in [2.75, 3.05) is 0 Å². The van der Waals surface area contributed by atoms with Crippen molar-refractivity contribution in [1.82, 2.24) is 5.43 Å². The number of benzene rings is 1. The molecule has 14 heavy (non-hydrogen) atoms. The molecule has 0 amide bonds. The summed E-state index contributed by atoms with van der Waals surface area (Å²) in [5.74, 6) is 5.41. The SMILES string of the molecule is C=C(C)C(NN)c1ccc(Cl)cc1Cl. The van der Waals surface area contributed by atoms with Crippen molar-refractivity contribution in [3.63, 3.8) is 0 Å². The fourth-order valence-electron chi connectivity index (χ4n) is 1.23. The van der Waals surface area contributed by atoms with Crippen molar-refractivity contribution in [3.8, 4) is 0 Å². The molecular weight excluding hydrogens is 219 g/mol. The molecule has 0 aromatic heterocycles. The van der Waals surface area contributed by atoms with E-state index >= 15 is 0 Å². The van der Waals surface area contributed by atoms with Crippen molar-refractivity contribution in [1.29, 1.82) is 0 Å². The topological polar surface area (TPSA) is 38.0 Å². The second kappa shape index (κ2) is 4.80. The molecule has 1 atom stereocenters. The average Bonchev–Trinajstić information content (AvgIpc) is 2.09. The molecule has 0 radical (unpaired) electrons. The first kappa shape index (κ1) is 11.5. The Morgan fingerprint density at radius 2 is 2.14 bits per heavy atom. The molecule has 0 saturated carbocycles. The molecule has 4 heteroatoms. The van der Waals surface area contributed by atoms with Gasteiger partial charge in [0, 0.05) is 10.0 Å². The van der Waals surface area contributed by atoms with Crippen LogP contribution in [0.3, 0.4) is 0 Å². The molecule has 0 saturated heterocycles. The summed E-state index contributed by atoms with van der Waals surface area (Å²) in [7, 11) is 0. The van der Waals surface area contributed by atoms with Gasteiger partial charge in [-0.3, -0.25) is 5.84 Å². The Balaban J connectivity index is 3.10. The lowest BCUT2D eigenvalue weighted by Crippen LogP contribution is -2.28. The van der Waals surface area contributed by atoms with Crippen LogP contribution in [0.1, 0.15) is 18.5 Å². The maximum Gasteiger partial charge on any atom is 0.0679 e. The van der Waals surface area contributed by atoms with E-state index in [4.69, 9.17) is 29.0 Å². The molecule has 0 bridgehead atoms. The highest BCUT2D eigenvalue weighted by Crippen LogP contribution is 2.28. The zero-order valence-electron chi connectivity index (χ0n) is 7.85. The van der Waals surface area contributed by atoms with Gasteiger partial charge in [-0.1, -0.05) is 41.4 Å². The van der Waals surface area contributed by atoms with Gasteiger partial charge in [-0.2, -0.15) is 0 Å². The molecule has 1 unspecified atom stereocenters. The smallest absolute Gasteiger partial charge is 0.0679 e. The Morgan fingerprint density at radius 1 is 1.50 bits per heavy atom. The van der Waals surface area contributed by atoms with Gasteiger partial charge in [-0.05, 0) is 24.6 Å². The Labute approximate surface area is 93.7 Å². The fraction of sp³-hybridized carbons (Fsp3) is 0.200. The summed E-state index contributed by atoms with van der Waals surface area (Å²) < 4.78 is 0. The lowest BCUT2D eigenvalue weighted by atomic mass is 10.0. The fourth-order valence-corrected chi connectivity index (χ4v) is 1.75. The van der Waals surface area contributed by atoms with E-state index in [-0.39, 0.29) is 6.04 Å². The van der Waals surface area contributed by atoms with Crippen LogP contribution < -0.4 is 11.3 Å². The number of nitrogens with two attached hydrogens (primary N) is 1. The third-order valence-electron chi connectivity index (χ3n) is 1.93. The van der Waals surface area contributed by atoms with Gasteiger partial charge in [-0.25, -0.2) is 5.43 Å². The highest BCUT2D eigenvalue weighted by molar-refractivity contribution is 6.35. The summed E-state index contributed by atoms with van der Waals surface area (Å²) >= 11 is 11.8. The van der Waals surface area contributed by atoms with Crippen molar-refractivity contribution < 1.29 is 0 Å². The van der Waals surface area contributed by atoms with Gasteiger partial charge in [-0.15, -0.1) is 0 Å². The van der Waals surface area contributed by atoms with E-state index < -0.39 is 0 Å². The molecule has 2 nitrogen and oxygen atoms in total. The van der Waals surface area contributed by atoms with Crippen LogP contribution in [0.5, 0.6) is 0 Å². The van der Waals surface area contributed by atoms with E-state index in [2.05, 4.69) is 12.0 Å². The van der Waals surface area contributed by atoms with Crippen LogP contribution in [0.4, 0.5) is 0 Å². The number of halogens is 2. The Bertz CT molecular complexity index is 350. The first-order valence-electron chi connectivity index (χ1n) is 4.12. The summed E-state index contributed by atoms with van der Waals surface area (Å²) in [6.07, 6.45) is 0. The van der Waals surface area contributed by atoms with Gasteiger partial charge in [0.2, 0.25) is 0 Å². The van der Waals surface area contributed by atoms with E-state index in [1.54, 1.807) is 12.1 Å². The molecule has 0 heterocycles. The van der Waals surface area contributed by atoms with Crippen LogP contribution in [-0.4, -0.2) is 0 Å². The third kappa shape index (κ3) is 2.49. The molecule has 0 aliphatic carbocycles. The van der Waals surface area contributed by atoms with Gasteiger partial charge in [0.25, 0.3) is 0 Å². The summed E-state index contributed by atoms with van der Waals surface area (Å²) in [6.45, 7) is 5.72. The summed E-state index contributed by atoms with van der Waals surface area (Å²) in [4.78, 5) is 0. The largest absolute Gasteiger partial charge is 0.271 e. The number of hydrogen-bond acceptors (Lipinski definition) is 2. The second-order valence-electron chi connectivity index (χ2n) is 3.11. The molecule has 1 aromatic rings. The van der Waals surface area contributed by atoms with Crippen LogP contribution in [-0.2, 0) is 0 Å². The van der Waals surface area contributed by atoms with E-state index in [0.717, 1.165) is 11.1 Å². The highest BCUT2D eigenvalue weighted by Gasteiger charge is 2.13. The quantitative estimate of drug-likeness (QED) is 0.476. The zero-order valence-corrected chi connectivity index (χ0v) is 9.36. The standard InChI is InChI=1S/C10H12Cl2N2/c1-6(2)10(14-13)8-4-3-7(11)5-9(8)12/h3-5,10,14H,1,13H2,2H3. The van der Waals surface area contributed by atoms with Gasteiger partial charge in [0.1, 0.15) is 0 Å². The number of rotatable bonds is 3. The Hall–Kier alpha value is -0.540. The van der Waals surface area contributed by atoms with Crippen molar-refractivity contribution in [2.45, 2.75) is 13.0 Å². The third-order valence-corrected chi connectivity index (χ3v) is 2.50. The zero-order chi connectivity index (χ0) is 10.7. The van der Waals surface area contributed by atoms with E-state index in [0.29, 0.717) is 10.0 Å². The predicted octanol–water partition coefficient (Wildman–Crippen LogP) is 3.07. The van der Waals surface area contributed by atoms with Crippen LogP contribution in [0.15, 0.2) is 30.4 Å². The lowest BCUT2D eigenvalue weighted by Gasteiger charge is -2.17. The van der Waals surface area contributed by atoms with Gasteiger partial charge in [0.05, 0.1) is 6.04 Å². The van der Waals surface area contributed by atoms with Gasteiger partial charge >= 0.3 is 0 Å². The Morgan fingerprint density at radius 3 is 2.57 bits per heavy atom. The maximum atomic E-state index is 6.03. The minimum Gasteiger partial charge on any atom is -0.271 e. The summed E-state index contributed by atoms with van der Waals surface area (Å²) in [6, 6.07) is 5.16. The molecule has 76 valence electrons. The van der Waals surface area contributed by atoms with Crippen molar-refractivity contribution in [3.05, 3.63) is 46.0 Å². The van der Waals surface area contributed by atoms with Crippen molar-refractivity contribution in [2.24, 2.45) is 5.84 Å². The Kier molecular flexibility index (Phi) is 3.96. The number of nitrogens with one attached hydrogen (secondary N) is 1. The first-order valence-corrected chi connectivity index (χ1v) is 4.88. The maximum absolute atomic E-state index is 6.03. The number of hydrazine groups is 1. The van der Waals surface area contributed by atoms with Crippen LogP contribution in [0, 0.1) is 0 Å². The average molecular weight is 231 g/mol. The predicted molar refractivity (Wildman–Crippen MR) is 61.3 cm³/mol. The first-order chi connectivity index (χ1) is 6.56. The van der Waals surface area contributed by atoms with E-state index in [1.165, 1.54) is 0 Å². The minimum absolute atomic E-state index is 0.139. The highest BCUT2D eigenvalue weighted by atomic mass is 35.5.